The summed E-state index contributed by atoms with van der Waals surface area (Å²) in [6.45, 7) is 1.27. The van der Waals surface area contributed by atoms with Gasteiger partial charge in [-0.25, -0.2) is 15.4 Å². The Kier molecular flexibility index (Phi) is 8.50. The smallest absolute Gasteiger partial charge is 0.419 e. The quantitative estimate of drug-likeness (QED) is 0.391. The van der Waals surface area contributed by atoms with Crippen molar-refractivity contribution < 1.29 is 40.7 Å². The van der Waals surface area contributed by atoms with Crippen LogP contribution >= 0.6 is 0 Å². The fourth-order valence-corrected chi connectivity index (χ4v) is 6.13. The molecule has 0 radical (unpaired) electrons. The van der Waals surface area contributed by atoms with E-state index in [9.17, 15) is 35.9 Å². The lowest BCUT2D eigenvalue weighted by molar-refractivity contribution is -0.202. The Balaban J connectivity index is 1.12. The van der Waals surface area contributed by atoms with E-state index in [0.29, 0.717) is 24.4 Å². The van der Waals surface area contributed by atoms with Gasteiger partial charge in [-0.3, -0.25) is 19.9 Å². The van der Waals surface area contributed by atoms with Gasteiger partial charge in [-0.15, -0.1) is 0 Å². The summed E-state index contributed by atoms with van der Waals surface area (Å²) in [5.41, 5.74) is 5.72. The molecule has 0 bridgehead atoms. The van der Waals surface area contributed by atoms with Crippen molar-refractivity contribution in [3.05, 3.63) is 83.2 Å². The minimum Gasteiger partial charge on any atom is -0.492 e. The second-order valence-corrected chi connectivity index (χ2v) is 11.2. The monoisotopic (exact) mass is 649 g/mol. The Morgan fingerprint density at radius 3 is 2.37 bits per heavy atom. The van der Waals surface area contributed by atoms with Crippen molar-refractivity contribution in [3.8, 4) is 5.75 Å². The average Bonchev–Trinajstić information content (AvgIpc) is 3.41. The van der Waals surface area contributed by atoms with Gasteiger partial charge in [0.2, 0.25) is 11.9 Å². The molecule has 0 saturated carbocycles. The van der Waals surface area contributed by atoms with Crippen LogP contribution in [0.1, 0.15) is 33.1 Å². The summed E-state index contributed by atoms with van der Waals surface area (Å²) in [7, 11) is 0. The highest BCUT2D eigenvalue weighted by molar-refractivity contribution is 5.94. The Hall–Kier alpha value is -4.44. The first-order chi connectivity index (χ1) is 21.9. The number of rotatable bonds is 6. The minimum absolute atomic E-state index is 0.0246. The average molecular weight is 650 g/mol. The molecule has 2 amide bonds. The number of halogens is 6. The third kappa shape index (κ3) is 6.44. The Morgan fingerprint density at radius 1 is 0.957 bits per heavy atom. The first-order valence-corrected chi connectivity index (χ1v) is 14.5. The van der Waals surface area contributed by atoms with E-state index in [2.05, 4.69) is 20.8 Å². The van der Waals surface area contributed by atoms with E-state index in [0.717, 1.165) is 23.5 Å². The molecule has 4 heterocycles. The SMILES string of the molecule is O=C1NNCC(N2Cc3ccccc3C2COc2cccc(C(=O)N3CCN(c4ncc(C(F)(F)F)cn4)CC3)c2)C1C(F)(F)F. The molecule has 3 atom stereocenters. The maximum atomic E-state index is 14.0. The number of fused-ring (bicyclic) bond motifs is 1. The number of anilines is 1. The predicted molar refractivity (Wildman–Crippen MR) is 151 cm³/mol. The second kappa shape index (κ2) is 12.4. The van der Waals surface area contributed by atoms with Gasteiger partial charge in [-0.1, -0.05) is 30.3 Å². The predicted octanol–water partition coefficient (Wildman–Crippen LogP) is 3.58. The van der Waals surface area contributed by atoms with Crippen LogP contribution in [0.25, 0.3) is 0 Å². The van der Waals surface area contributed by atoms with E-state index < -0.39 is 41.8 Å². The molecular weight excluding hydrogens is 620 g/mol. The highest BCUT2D eigenvalue weighted by atomic mass is 19.4. The molecule has 2 aromatic carbocycles. The molecule has 2 saturated heterocycles. The van der Waals surface area contributed by atoms with Crippen LogP contribution in [0.5, 0.6) is 5.75 Å². The zero-order chi connectivity index (χ0) is 32.6. The lowest BCUT2D eigenvalue weighted by Crippen LogP contribution is -2.64. The van der Waals surface area contributed by atoms with Crippen molar-refractivity contribution in [3.63, 3.8) is 0 Å². The zero-order valence-electron chi connectivity index (χ0n) is 24.2. The van der Waals surface area contributed by atoms with Crippen molar-refractivity contribution in [1.82, 2.24) is 30.6 Å². The molecule has 1 aromatic heterocycles. The number of aromatic nitrogens is 2. The van der Waals surface area contributed by atoms with Gasteiger partial charge in [-0.05, 0) is 29.3 Å². The number of carbonyl (C=O) groups is 2. The van der Waals surface area contributed by atoms with Gasteiger partial charge in [0.25, 0.3) is 5.91 Å². The molecule has 244 valence electrons. The molecule has 3 aromatic rings. The number of benzene rings is 2. The Labute approximate surface area is 259 Å². The summed E-state index contributed by atoms with van der Waals surface area (Å²) in [4.78, 5) is 38.2. The third-order valence-corrected chi connectivity index (χ3v) is 8.44. The van der Waals surface area contributed by atoms with Crippen LogP contribution in [0.4, 0.5) is 32.3 Å². The standard InChI is InChI=1S/C30H29F6N7O3/c31-29(32,33)20-13-37-28(38-14-20)42-10-8-41(9-11-42)27(45)18-5-3-6-21(12-18)46-17-24-22-7-2-1-4-19(22)16-43(24)23-15-39-40-26(44)25(23)30(34,35)36/h1-7,12-14,23-25,39H,8-11,15-17H2,(H,40,44). The van der Waals surface area contributed by atoms with Gasteiger partial charge in [0.15, 0.2) is 5.92 Å². The van der Waals surface area contributed by atoms with Gasteiger partial charge in [-0.2, -0.15) is 26.3 Å². The van der Waals surface area contributed by atoms with Crippen molar-refractivity contribution in [2.24, 2.45) is 5.92 Å². The molecule has 0 aliphatic carbocycles. The Bertz CT molecular complexity index is 1580. The summed E-state index contributed by atoms with van der Waals surface area (Å²) in [5, 5.41) is 0. The van der Waals surface area contributed by atoms with E-state index in [4.69, 9.17) is 4.74 Å². The van der Waals surface area contributed by atoms with E-state index in [1.54, 1.807) is 51.1 Å². The van der Waals surface area contributed by atoms with Crippen molar-refractivity contribution in [2.75, 3.05) is 44.2 Å². The lowest BCUT2D eigenvalue weighted by atomic mass is 9.94. The zero-order valence-corrected chi connectivity index (χ0v) is 24.2. The van der Waals surface area contributed by atoms with Crippen molar-refractivity contribution in [2.45, 2.75) is 31.0 Å². The molecule has 46 heavy (non-hydrogen) atoms. The van der Waals surface area contributed by atoms with Gasteiger partial charge >= 0.3 is 12.4 Å². The largest absolute Gasteiger partial charge is 0.492 e. The Morgan fingerprint density at radius 2 is 1.67 bits per heavy atom. The number of nitrogens with one attached hydrogen (secondary N) is 2. The van der Waals surface area contributed by atoms with E-state index in [1.165, 1.54) is 0 Å². The number of hydrogen-bond acceptors (Lipinski definition) is 8. The van der Waals surface area contributed by atoms with Crippen LogP contribution in [-0.2, 0) is 17.5 Å². The van der Waals surface area contributed by atoms with Crippen LogP contribution in [0.2, 0.25) is 0 Å². The molecular formula is C30H29F6N7O3. The molecule has 6 rings (SSSR count). The van der Waals surface area contributed by atoms with Gasteiger partial charge in [0.1, 0.15) is 12.4 Å². The van der Waals surface area contributed by atoms with Crippen LogP contribution in [0, 0.1) is 5.92 Å². The number of nitrogens with zero attached hydrogens (tertiary/aromatic N) is 5. The molecule has 2 N–H and O–H groups in total. The van der Waals surface area contributed by atoms with Crippen LogP contribution in [-0.4, -0.2) is 83.1 Å². The number of hydrogen-bond donors (Lipinski definition) is 2. The lowest BCUT2D eigenvalue weighted by Gasteiger charge is -2.40. The maximum absolute atomic E-state index is 14.0. The summed E-state index contributed by atoms with van der Waals surface area (Å²) in [5.74, 6) is -3.15. The molecule has 2 fully saturated rings. The van der Waals surface area contributed by atoms with Crippen LogP contribution in [0.15, 0.2) is 60.9 Å². The number of ether oxygens (including phenoxy) is 1. The van der Waals surface area contributed by atoms with Crippen LogP contribution in [0.3, 0.4) is 0 Å². The maximum Gasteiger partial charge on any atom is 0.419 e. The second-order valence-electron chi connectivity index (χ2n) is 11.2. The fraction of sp³-hybridized carbons (Fsp3) is 0.400. The highest BCUT2D eigenvalue weighted by Gasteiger charge is 2.55. The molecule has 0 spiro atoms. The number of piperazine rings is 1. The highest BCUT2D eigenvalue weighted by Crippen LogP contribution is 2.41. The molecule has 16 heteroatoms. The number of alkyl halides is 6. The summed E-state index contributed by atoms with van der Waals surface area (Å²) < 4.78 is 86.6. The number of amides is 2. The molecule has 3 unspecified atom stereocenters. The molecule has 10 nitrogen and oxygen atoms in total. The first kappa shape index (κ1) is 31.5. The summed E-state index contributed by atoms with van der Waals surface area (Å²) in [6.07, 6.45) is -7.83. The van der Waals surface area contributed by atoms with Crippen molar-refractivity contribution >= 4 is 17.8 Å². The van der Waals surface area contributed by atoms with Gasteiger partial charge in [0, 0.05) is 63.3 Å². The third-order valence-electron chi connectivity index (χ3n) is 8.44. The normalized spacial score (nSPS) is 22.4. The number of hydrazine groups is 1. The first-order valence-electron chi connectivity index (χ1n) is 14.5. The van der Waals surface area contributed by atoms with Crippen LogP contribution < -0.4 is 20.5 Å². The summed E-state index contributed by atoms with van der Waals surface area (Å²) >= 11 is 0. The topological polar surface area (TPSA) is 103 Å². The number of carbonyl (C=O) groups excluding carboxylic acids is 2. The van der Waals surface area contributed by atoms with Crippen molar-refractivity contribution in [1.29, 1.82) is 0 Å². The van der Waals surface area contributed by atoms with E-state index >= 15 is 0 Å². The van der Waals surface area contributed by atoms with Gasteiger partial charge in [0.05, 0.1) is 11.6 Å². The fourth-order valence-electron chi connectivity index (χ4n) is 6.13. The van der Waals surface area contributed by atoms with Gasteiger partial charge < -0.3 is 14.5 Å². The molecule has 3 aliphatic heterocycles. The summed E-state index contributed by atoms with van der Waals surface area (Å²) in [6, 6.07) is 12.0. The van der Waals surface area contributed by atoms with E-state index in [-0.39, 0.29) is 44.6 Å². The minimum atomic E-state index is -4.75. The van der Waals surface area contributed by atoms with E-state index in [1.807, 2.05) is 12.1 Å². The molecule has 3 aliphatic rings.